The lowest BCUT2D eigenvalue weighted by molar-refractivity contribution is 0.0691. The van der Waals surface area contributed by atoms with Crippen LogP contribution in [0.4, 0.5) is 0 Å². The molecule has 6 heteroatoms. The highest BCUT2D eigenvalue weighted by Crippen LogP contribution is 2.34. The third kappa shape index (κ3) is 2.56. The van der Waals surface area contributed by atoms with Gasteiger partial charge in [0.1, 0.15) is 5.01 Å². The van der Waals surface area contributed by atoms with Gasteiger partial charge < -0.3 is 5.11 Å². The van der Waals surface area contributed by atoms with E-state index in [1.54, 1.807) is 16.7 Å². The van der Waals surface area contributed by atoms with Crippen LogP contribution in [0.3, 0.4) is 0 Å². The lowest BCUT2D eigenvalue weighted by atomic mass is 10.1. The van der Waals surface area contributed by atoms with Crippen LogP contribution >= 0.6 is 22.7 Å². The van der Waals surface area contributed by atoms with Gasteiger partial charge in [-0.05, 0) is 48.3 Å². The van der Waals surface area contributed by atoms with Crippen molar-refractivity contribution in [3.05, 3.63) is 38.5 Å². The fraction of sp³-hybridized carbons (Fsp3) is 0.385. The molecule has 2 aromatic rings. The van der Waals surface area contributed by atoms with E-state index in [2.05, 4.69) is 26.7 Å². The molecule has 0 radical (unpaired) electrons. The monoisotopic (exact) mass is 294 g/mol. The molecule has 0 saturated carbocycles. The van der Waals surface area contributed by atoms with E-state index in [1.807, 2.05) is 0 Å². The van der Waals surface area contributed by atoms with Crippen LogP contribution in [-0.4, -0.2) is 34.0 Å². The predicted octanol–water partition coefficient (Wildman–Crippen LogP) is 3.09. The van der Waals surface area contributed by atoms with Crippen molar-refractivity contribution in [2.24, 2.45) is 0 Å². The molecule has 0 bridgehead atoms. The number of likely N-dealkylation sites (tertiary alicyclic amines) is 1. The van der Waals surface area contributed by atoms with Crippen LogP contribution in [0.5, 0.6) is 0 Å². The van der Waals surface area contributed by atoms with Crippen LogP contribution in [0.25, 0.3) is 0 Å². The summed E-state index contributed by atoms with van der Waals surface area (Å²) in [4.78, 5) is 17.7. The lowest BCUT2D eigenvalue weighted by Crippen LogP contribution is -2.26. The largest absolute Gasteiger partial charge is 0.476 e. The number of nitrogens with zero attached hydrogens (tertiary/aromatic N) is 2. The average Bonchev–Trinajstić information content (AvgIpc) is 3.12. The van der Waals surface area contributed by atoms with Crippen molar-refractivity contribution >= 4 is 28.6 Å². The number of thiazole rings is 1. The summed E-state index contributed by atoms with van der Waals surface area (Å²) < 4.78 is 0. The predicted molar refractivity (Wildman–Crippen MR) is 76.0 cm³/mol. The Hall–Kier alpha value is -1.24. The van der Waals surface area contributed by atoms with Gasteiger partial charge in [-0.1, -0.05) is 0 Å². The quantitative estimate of drug-likeness (QED) is 0.941. The Morgan fingerprint density at radius 3 is 2.74 bits per heavy atom. The van der Waals surface area contributed by atoms with Crippen molar-refractivity contribution in [2.45, 2.75) is 18.9 Å². The van der Waals surface area contributed by atoms with E-state index in [-0.39, 0.29) is 11.7 Å². The highest BCUT2D eigenvalue weighted by Gasteiger charge is 2.28. The third-order valence-corrected chi connectivity index (χ3v) is 4.94. The van der Waals surface area contributed by atoms with Crippen molar-refractivity contribution in [3.8, 4) is 0 Å². The van der Waals surface area contributed by atoms with E-state index in [0.717, 1.165) is 18.1 Å². The summed E-state index contributed by atoms with van der Waals surface area (Å²) in [5.41, 5.74) is 1.37. The Morgan fingerprint density at radius 2 is 2.16 bits per heavy atom. The van der Waals surface area contributed by atoms with Gasteiger partial charge in [0.15, 0.2) is 5.69 Å². The minimum absolute atomic E-state index is 0.117. The van der Waals surface area contributed by atoms with E-state index in [0.29, 0.717) is 0 Å². The molecule has 100 valence electrons. The van der Waals surface area contributed by atoms with Crippen molar-refractivity contribution < 1.29 is 9.90 Å². The second-order valence-corrected chi connectivity index (χ2v) is 6.25. The number of hydrogen-bond acceptors (Lipinski definition) is 5. The van der Waals surface area contributed by atoms with Crippen LogP contribution in [0.2, 0.25) is 0 Å². The minimum Gasteiger partial charge on any atom is -0.476 e. The minimum atomic E-state index is -0.951. The molecule has 1 atom stereocenters. The first-order chi connectivity index (χ1) is 9.25. The Balaban J connectivity index is 1.95. The zero-order chi connectivity index (χ0) is 13.2. The zero-order valence-corrected chi connectivity index (χ0v) is 11.9. The fourth-order valence-electron chi connectivity index (χ4n) is 2.45. The smallest absolute Gasteiger partial charge is 0.355 e. The fourth-order valence-corrected chi connectivity index (χ4v) is 4.08. The van der Waals surface area contributed by atoms with Crippen molar-refractivity contribution in [1.29, 1.82) is 0 Å². The number of carbonyl (C=O) groups is 1. The first-order valence-electron chi connectivity index (χ1n) is 6.20. The zero-order valence-electron chi connectivity index (χ0n) is 10.3. The molecule has 3 heterocycles. The normalized spacial score (nSPS) is 17.7. The molecule has 19 heavy (non-hydrogen) atoms. The number of thiophene rings is 1. The number of aromatic carboxylic acids is 1. The Bertz CT molecular complexity index is 559. The molecule has 0 amide bonds. The van der Waals surface area contributed by atoms with Crippen LogP contribution in [0, 0.1) is 0 Å². The third-order valence-electron chi connectivity index (χ3n) is 3.34. The van der Waals surface area contributed by atoms with E-state index in [9.17, 15) is 4.79 Å². The van der Waals surface area contributed by atoms with E-state index >= 15 is 0 Å². The maximum atomic E-state index is 11.0. The molecule has 1 saturated heterocycles. The summed E-state index contributed by atoms with van der Waals surface area (Å²) in [6.07, 6.45) is 2.41. The molecular formula is C13H14N2O2S2. The first kappa shape index (κ1) is 12.8. The molecule has 0 aliphatic carbocycles. The summed E-state index contributed by atoms with van der Waals surface area (Å²) >= 11 is 3.11. The Kier molecular flexibility index (Phi) is 3.63. The highest BCUT2D eigenvalue weighted by atomic mass is 32.1. The molecular weight excluding hydrogens is 280 g/mol. The second kappa shape index (κ2) is 5.40. The number of carboxylic acid groups (broad SMARTS) is 1. The van der Waals surface area contributed by atoms with Gasteiger partial charge in [-0.3, -0.25) is 4.90 Å². The van der Waals surface area contributed by atoms with Crippen LogP contribution in [-0.2, 0) is 0 Å². The summed E-state index contributed by atoms with van der Waals surface area (Å²) in [7, 11) is 0. The van der Waals surface area contributed by atoms with Gasteiger partial charge in [0.2, 0.25) is 0 Å². The molecule has 1 fully saturated rings. The summed E-state index contributed by atoms with van der Waals surface area (Å²) in [5, 5.41) is 15.7. The average molecular weight is 294 g/mol. The number of carboxylic acids is 1. The molecule has 4 nitrogen and oxygen atoms in total. The SMILES string of the molecule is O=C(O)c1csc(C(c2ccsc2)N2CCCC2)n1. The maximum absolute atomic E-state index is 11.0. The van der Waals surface area contributed by atoms with Gasteiger partial charge in [-0.25, -0.2) is 9.78 Å². The molecule has 1 N–H and O–H groups in total. The highest BCUT2D eigenvalue weighted by molar-refractivity contribution is 7.10. The standard InChI is InChI=1S/C13H14N2O2S2/c16-13(17)10-8-19-12(14-10)11(9-3-6-18-7-9)15-4-1-2-5-15/h3,6-8,11H,1-2,4-5H2,(H,16,17). The van der Waals surface area contributed by atoms with Gasteiger partial charge in [0.25, 0.3) is 0 Å². The first-order valence-corrected chi connectivity index (χ1v) is 8.03. The van der Waals surface area contributed by atoms with Gasteiger partial charge in [-0.2, -0.15) is 11.3 Å². The summed E-state index contributed by atoms with van der Waals surface area (Å²) in [6, 6.07) is 2.22. The number of rotatable bonds is 4. The summed E-state index contributed by atoms with van der Waals surface area (Å²) in [6.45, 7) is 2.12. The molecule has 1 aliphatic heterocycles. The molecule has 2 aromatic heterocycles. The molecule has 1 unspecified atom stereocenters. The number of aromatic nitrogens is 1. The number of hydrogen-bond donors (Lipinski definition) is 1. The van der Waals surface area contributed by atoms with Crippen molar-refractivity contribution in [1.82, 2.24) is 9.88 Å². The topological polar surface area (TPSA) is 53.4 Å². The molecule has 3 rings (SSSR count). The maximum Gasteiger partial charge on any atom is 0.355 e. The summed E-state index contributed by atoms with van der Waals surface area (Å²) in [5.74, 6) is -0.951. The Labute approximate surface area is 119 Å². The van der Waals surface area contributed by atoms with Crippen molar-refractivity contribution in [2.75, 3.05) is 13.1 Å². The van der Waals surface area contributed by atoms with E-state index in [4.69, 9.17) is 5.11 Å². The van der Waals surface area contributed by atoms with Gasteiger partial charge in [0.05, 0.1) is 6.04 Å². The van der Waals surface area contributed by atoms with Gasteiger partial charge >= 0.3 is 5.97 Å². The van der Waals surface area contributed by atoms with Gasteiger partial charge in [-0.15, -0.1) is 11.3 Å². The van der Waals surface area contributed by atoms with Crippen LogP contribution in [0.15, 0.2) is 22.2 Å². The Morgan fingerprint density at radius 1 is 1.37 bits per heavy atom. The molecule has 1 aliphatic rings. The molecule has 0 spiro atoms. The van der Waals surface area contributed by atoms with E-state index < -0.39 is 5.97 Å². The van der Waals surface area contributed by atoms with Crippen LogP contribution < -0.4 is 0 Å². The molecule has 0 aromatic carbocycles. The van der Waals surface area contributed by atoms with Gasteiger partial charge in [0, 0.05) is 5.38 Å². The lowest BCUT2D eigenvalue weighted by Gasteiger charge is -2.25. The van der Waals surface area contributed by atoms with E-state index in [1.165, 1.54) is 29.7 Å². The van der Waals surface area contributed by atoms with Crippen LogP contribution in [0.1, 0.15) is 39.9 Å². The van der Waals surface area contributed by atoms with Crippen molar-refractivity contribution in [3.63, 3.8) is 0 Å². The second-order valence-electron chi connectivity index (χ2n) is 4.58.